The van der Waals surface area contributed by atoms with Crippen molar-refractivity contribution in [1.82, 2.24) is 0 Å². The largest absolute Gasteiger partial charge is 0.484 e. The van der Waals surface area contributed by atoms with Gasteiger partial charge in [0.25, 0.3) is 0 Å². The summed E-state index contributed by atoms with van der Waals surface area (Å²) >= 11 is 5.14. The minimum Gasteiger partial charge on any atom is -0.484 e. The predicted octanol–water partition coefficient (Wildman–Crippen LogP) is 2.52. The lowest BCUT2D eigenvalue weighted by Gasteiger charge is -1.97. The first kappa shape index (κ1) is 10.4. The molecule has 0 atom stereocenters. The number of carboxylic acid groups (broad SMARTS) is 1. The molecule has 0 aliphatic carbocycles. The van der Waals surface area contributed by atoms with Crippen molar-refractivity contribution in [3.63, 3.8) is 0 Å². The van der Waals surface area contributed by atoms with Crippen molar-refractivity contribution >= 4 is 29.9 Å². The second-order valence-electron chi connectivity index (χ2n) is 2.43. The van der Waals surface area contributed by atoms with E-state index >= 15 is 0 Å². The molecule has 1 rings (SSSR count). The van der Waals surface area contributed by atoms with Gasteiger partial charge in [0.2, 0.25) is 0 Å². The Hall–Kier alpha value is -0.680. The molecule has 13 heavy (non-hydrogen) atoms. The molecule has 0 spiro atoms. The Balaban J connectivity index is 2.76. The van der Waals surface area contributed by atoms with Gasteiger partial charge in [-0.05, 0) is 6.42 Å². The molecule has 72 valence electrons. The van der Waals surface area contributed by atoms with Crippen molar-refractivity contribution in [3.05, 3.63) is 10.9 Å². The van der Waals surface area contributed by atoms with E-state index in [0.717, 1.165) is 17.8 Å². The minimum absolute atomic E-state index is 0.231. The van der Waals surface area contributed by atoms with E-state index in [-0.39, 0.29) is 4.88 Å². The van der Waals surface area contributed by atoms with Gasteiger partial charge in [-0.15, -0.1) is 12.6 Å². The Kier molecular flexibility index (Phi) is 3.62. The number of hydrogen-bond donors (Lipinski definition) is 2. The number of aromatic carboxylic acids is 1. The van der Waals surface area contributed by atoms with Crippen molar-refractivity contribution in [2.24, 2.45) is 0 Å². The van der Waals surface area contributed by atoms with Crippen LogP contribution in [0.3, 0.4) is 0 Å². The summed E-state index contributed by atoms with van der Waals surface area (Å²) in [5.41, 5.74) is 0. The average molecular weight is 218 g/mol. The molecule has 0 unspecified atom stereocenters. The van der Waals surface area contributed by atoms with Crippen LogP contribution in [-0.2, 0) is 0 Å². The number of hydrogen-bond acceptors (Lipinski definition) is 4. The van der Waals surface area contributed by atoms with Crippen LogP contribution in [0.15, 0.2) is 11.0 Å². The molecule has 1 aromatic heterocycles. The number of ether oxygens (including phenoxy) is 1. The van der Waals surface area contributed by atoms with E-state index in [9.17, 15) is 4.79 Å². The van der Waals surface area contributed by atoms with Gasteiger partial charge >= 0.3 is 5.97 Å². The number of rotatable bonds is 4. The minimum atomic E-state index is -0.957. The summed E-state index contributed by atoms with van der Waals surface area (Å²) in [6.07, 6.45) is 0.905. The van der Waals surface area contributed by atoms with Gasteiger partial charge in [0.05, 0.1) is 6.61 Å². The van der Waals surface area contributed by atoms with Crippen LogP contribution in [0.25, 0.3) is 0 Å². The fourth-order valence-electron chi connectivity index (χ4n) is 0.787. The first-order chi connectivity index (χ1) is 6.15. The van der Waals surface area contributed by atoms with E-state index in [1.807, 2.05) is 6.92 Å². The summed E-state index contributed by atoms with van der Waals surface area (Å²) in [4.78, 5) is 11.3. The van der Waals surface area contributed by atoms with Crippen LogP contribution in [-0.4, -0.2) is 17.7 Å². The third-order valence-corrected chi connectivity index (χ3v) is 2.87. The van der Waals surface area contributed by atoms with Crippen LogP contribution in [0.5, 0.6) is 5.06 Å². The molecule has 0 fully saturated rings. The van der Waals surface area contributed by atoms with Crippen molar-refractivity contribution in [2.75, 3.05) is 6.61 Å². The highest BCUT2D eigenvalue weighted by Crippen LogP contribution is 2.31. The third kappa shape index (κ3) is 2.63. The summed E-state index contributed by atoms with van der Waals surface area (Å²) < 4.78 is 5.27. The molecular formula is C8H10O3S2. The molecule has 0 amide bonds. The lowest BCUT2D eigenvalue weighted by atomic mass is 10.5. The Morgan fingerprint density at radius 3 is 2.92 bits per heavy atom. The lowest BCUT2D eigenvalue weighted by molar-refractivity contribution is 0.0699. The van der Waals surface area contributed by atoms with Gasteiger partial charge in [-0.25, -0.2) is 4.79 Å². The van der Waals surface area contributed by atoms with Crippen molar-refractivity contribution < 1.29 is 14.6 Å². The summed E-state index contributed by atoms with van der Waals surface area (Å²) in [7, 11) is 0. The molecule has 1 N–H and O–H groups in total. The van der Waals surface area contributed by atoms with Crippen LogP contribution in [0.1, 0.15) is 23.0 Å². The standard InChI is InChI=1S/C8H10O3S2/c1-2-3-11-6-4-5(12)7(13-6)8(9)10/h4,12H,2-3H2,1H3,(H,9,10). The van der Waals surface area contributed by atoms with E-state index < -0.39 is 5.97 Å². The zero-order valence-corrected chi connectivity index (χ0v) is 8.82. The van der Waals surface area contributed by atoms with E-state index in [0.29, 0.717) is 16.6 Å². The third-order valence-electron chi connectivity index (χ3n) is 1.33. The second-order valence-corrected chi connectivity index (χ2v) is 3.93. The van der Waals surface area contributed by atoms with Crippen LogP contribution < -0.4 is 4.74 Å². The van der Waals surface area contributed by atoms with Crippen LogP contribution in [0, 0.1) is 0 Å². The van der Waals surface area contributed by atoms with Gasteiger partial charge in [0, 0.05) is 11.0 Å². The lowest BCUT2D eigenvalue weighted by Crippen LogP contribution is -1.92. The highest BCUT2D eigenvalue weighted by Gasteiger charge is 2.13. The van der Waals surface area contributed by atoms with Crippen molar-refractivity contribution in [2.45, 2.75) is 18.2 Å². The fraction of sp³-hybridized carbons (Fsp3) is 0.375. The van der Waals surface area contributed by atoms with Crippen LogP contribution in [0.2, 0.25) is 0 Å². The smallest absolute Gasteiger partial charge is 0.347 e. The van der Waals surface area contributed by atoms with E-state index in [1.54, 1.807) is 6.07 Å². The molecule has 0 aliphatic rings. The fourth-order valence-corrected chi connectivity index (χ4v) is 1.99. The highest BCUT2D eigenvalue weighted by atomic mass is 32.1. The zero-order chi connectivity index (χ0) is 9.84. The van der Waals surface area contributed by atoms with Crippen molar-refractivity contribution in [3.8, 4) is 5.06 Å². The van der Waals surface area contributed by atoms with Gasteiger partial charge in [-0.1, -0.05) is 18.3 Å². The molecule has 0 saturated carbocycles. The maximum Gasteiger partial charge on any atom is 0.347 e. The van der Waals surface area contributed by atoms with Gasteiger partial charge in [-0.2, -0.15) is 0 Å². The first-order valence-electron chi connectivity index (χ1n) is 3.84. The topological polar surface area (TPSA) is 46.5 Å². The molecule has 0 aromatic carbocycles. The molecule has 0 saturated heterocycles. The normalized spacial score (nSPS) is 10.0. The Labute approximate surface area is 85.8 Å². The maximum atomic E-state index is 10.6. The Morgan fingerprint density at radius 2 is 2.46 bits per heavy atom. The number of carboxylic acids is 1. The van der Waals surface area contributed by atoms with Gasteiger partial charge in [0.15, 0.2) is 5.06 Å². The molecule has 5 heteroatoms. The SMILES string of the molecule is CCCOc1cc(S)c(C(=O)O)s1. The molecule has 0 aliphatic heterocycles. The second kappa shape index (κ2) is 4.53. The summed E-state index contributed by atoms with van der Waals surface area (Å²) in [5.74, 6) is -0.957. The number of thiol groups is 1. The van der Waals surface area contributed by atoms with Crippen LogP contribution >= 0.6 is 24.0 Å². The predicted molar refractivity (Wildman–Crippen MR) is 54.3 cm³/mol. The van der Waals surface area contributed by atoms with Gasteiger partial charge in [-0.3, -0.25) is 0 Å². The number of carbonyl (C=O) groups is 1. The Bertz CT molecular complexity index is 306. The maximum absolute atomic E-state index is 10.6. The van der Waals surface area contributed by atoms with Crippen molar-refractivity contribution in [1.29, 1.82) is 0 Å². The summed E-state index contributed by atoms with van der Waals surface area (Å²) in [6, 6.07) is 1.63. The molecule has 1 heterocycles. The molecule has 0 bridgehead atoms. The number of thiophene rings is 1. The monoisotopic (exact) mass is 218 g/mol. The first-order valence-corrected chi connectivity index (χ1v) is 5.10. The molecule has 1 aromatic rings. The van der Waals surface area contributed by atoms with Gasteiger partial charge in [0.1, 0.15) is 4.88 Å². The Morgan fingerprint density at radius 1 is 1.77 bits per heavy atom. The van der Waals surface area contributed by atoms with Crippen LogP contribution in [0.4, 0.5) is 0 Å². The molecular weight excluding hydrogens is 208 g/mol. The summed E-state index contributed by atoms with van der Waals surface area (Å²) in [5, 5.41) is 9.33. The molecule has 0 radical (unpaired) electrons. The quantitative estimate of drug-likeness (QED) is 0.763. The molecule has 3 nitrogen and oxygen atoms in total. The van der Waals surface area contributed by atoms with E-state index in [4.69, 9.17) is 9.84 Å². The van der Waals surface area contributed by atoms with E-state index in [1.165, 1.54) is 0 Å². The average Bonchev–Trinajstić information content (AvgIpc) is 2.43. The summed E-state index contributed by atoms with van der Waals surface area (Å²) in [6.45, 7) is 2.60. The highest BCUT2D eigenvalue weighted by molar-refractivity contribution is 7.80. The van der Waals surface area contributed by atoms with Gasteiger partial charge < -0.3 is 9.84 Å². The van der Waals surface area contributed by atoms with E-state index in [2.05, 4.69) is 12.6 Å². The zero-order valence-electron chi connectivity index (χ0n) is 7.11.